The first-order chi connectivity index (χ1) is 10.0. The van der Waals surface area contributed by atoms with E-state index in [0.29, 0.717) is 0 Å². The van der Waals surface area contributed by atoms with Crippen molar-refractivity contribution >= 4 is 5.97 Å². The molecule has 2 heteroatoms. The van der Waals surface area contributed by atoms with Crippen LogP contribution in [0.2, 0.25) is 0 Å². The van der Waals surface area contributed by atoms with Crippen LogP contribution in [0.1, 0.15) is 85.0 Å². The molecule has 0 amide bonds. The molecule has 3 atom stereocenters. The molecule has 0 aliphatic heterocycles. The molecule has 0 bridgehead atoms. The van der Waals surface area contributed by atoms with Crippen LogP contribution in [0, 0.1) is 23.7 Å². The zero-order valence-corrected chi connectivity index (χ0v) is 14.7. The van der Waals surface area contributed by atoms with Gasteiger partial charge in [0.1, 0.15) is 0 Å². The second kappa shape index (κ2) is 10.2. The molecule has 1 rings (SSSR count). The molecule has 124 valence electrons. The smallest absolute Gasteiger partial charge is 0.308 e. The highest BCUT2D eigenvalue weighted by atomic mass is 16.5. The van der Waals surface area contributed by atoms with Crippen LogP contribution in [0.3, 0.4) is 0 Å². The number of carbonyl (C=O) groups is 1. The summed E-state index contributed by atoms with van der Waals surface area (Å²) in [6.07, 6.45) is 12.8. The molecule has 3 unspecified atom stereocenters. The van der Waals surface area contributed by atoms with Crippen molar-refractivity contribution < 1.29 is 9.53 Å². The van der Waals surface area contributed by atoms with E-state index in [2.05, 4.69) is 20.8 Å². The minimum absolute atomic E-state index is 0.0155. The molecule has 0 N–H and O–H groups in total. The molecule has 1 aliphatic rings. The summed E-state index contributed by atoms with van der Waals surface area (Å²) in [7, 11) is 1.52. The SMILES string of the molecule is COC(=O)C1CCCC(CCCC(C)CCCC(C)C)C1. The Morgan fingerprint density at radius 2 is 1.81 bits per heavy atom. The number of hydrogen-bond donors (Lipinski definition) is 0. The first kappa shape index (κ1) is 18.5. The first-order valence-corrected chi connectivity index (χ1v) is 9.10. The van der Waals surface area contributed by atoms with Gasteiger partial charge in [0.15, 0.2) is 0 Å². The molecular formula is C19H36O2. The number of hydrogen-bond acceptors (Lipinski definition) is 2. The lowest BCUT2D eigenvalue weighted by Gasteiger charge is -2.27. The zero-order valence-electron chi connectivity index (χ0n) is 14.7. The van der Waals surface area contributed by atoms with Crippen LogP contribution in [0.4, 0.5) is 0 Å². The zero-order chi connectivity index (χ0) is 15.7. The van der Waals surface area contributed by atoms with Crippen molar-refractivity contribution in [2.75, 3.05) is 7.11 Å². The third-order valence-electron chi connectivity index (χ3n) is 5.11. The molecule has 2 nitrogen and oxygen atoms in total. The van der Waals surface area contributed by atoms with E-state index in [0.717, 1.165) is 30.6 Å². The molecule has 1 aliphatic carbocycles. The molecule has 0 spiro atoms. The summed E-state index contributed by atoms with van der Waals surface area (Å²) in [5, 5.41) is 0. The van der Waals surface area contributed by atoms with Crippen molar-refractivity contribution in [1.82, 2.24) is 0 Å². The largest absolute Gasteiger partial charge is 0.469 e. The Labute approximate surface area is 132 Å². The van der Waals surface area contributed by atoms with E-state index in [1.165, 1.54) is 58.5 Å². The van der Waals surface area contributed by atoms with Gasteiger partial charge in [0.2, 0.25) is 0 Å². The average Bonchev–Trinajstić information content (AvgIpc) is 2.46. The van der Waals surface area contributed by atoms with Crippen molar-refractivity contribution in [2.45, 2.75) is 85.0 Å². The summed E-state index contributed by atoms with van der Waals surface area (Å²) in [6.45, 7) is 7.02. The van der Waals surface area contributed by atoms with Crippen molar-refractivity contribution in [3.63, 3.8) is 0 Å². The topological polar surface area (TPSA) is 26.3 Å². The predicted molar refractivity (Wildman–Crippen MR) is 89.2 cm³/mol. The van der Waals surface area contributed by atoms with Crippen LogP contribution in [0.15, 0.2) is 0 Å². The van der Waals surface area contributed by atoms with Gasteiger partial charge < -0.3 is 4.74 Å². The lowest BCUT2D eigenvalue weighted by atomic mass is 9.78. The van der Waals surface area contributed by atoms with Gasteiger partial charge in [0.25, 0.3) is 0 Å². The summed E-state index contributed by atoms with van der Waals surface area (Å²) in [5.74, 6) is 2.66. The van der Waals surface area contributed by atoms with E-state index in [-0.39, 0.29) is 11.9 Å². The molecule has 0 heterocycles. The highest BCUT2D eigenvalue weighted by molar-refractivity contribution is 5.72. The Balaban J connectivity index is 2.12. The molecule has 0 radical (unpaired) electrons. The molecule has 0 aromatic carbocycles. The van der Waals surface area contributed by atoms with Gasteiger partial charge in [-0.3, -0.25) is 4.79 Å². The second-order valence-corrected chi connectivity index (χ2v) is 7.61. The van der Waals surface area contributed by atoms with E-state index in [9.17, 15) is 4.79 Å². The minimum atomic E-state index is 0.0155. The highest BCUT2D eigenvalue weighted by Gasteiger charge is 2.27. The van der Waals surface area contributed by atoms with Crippen LogP contribution < -0.4 is 0 Å². The van der Waals surface area contributed by atoms with Gasteiger partial charge in [0.05, 0.1) is 13.0 Å². The highest BCUT2D eigenvalue weighted by Crippen LogP contribution is 2.33. The lowest BCUT2D eigenvalue weighted by Crippen LogP contribution is -2.24. The van der Waals surface area contributed by atoms with Gasteiger partial charge >= 0.3 is 5.97 Å². The van der Waals surface area contributed by atoms with Gasteiger partial charge in [-0.05, 0) is 30.6 Å². The Kier molecular flexibility index (Phi) is 9.03. The summed E-state index contributed by atoms with van der Waals surface area (Å²) in [6, 6.07) is 0. The van der Waals surface area contributed by atoms with E-state index in [1.807, 2.05) is 0 Å². The number of carbonyl (C=O) groups excluding carboxylic acids is 1. The fraction of sp³-hybridized carbons (Fsp3) is 0.947. The number of rotatable bonds is 9. The van der Waals surface area contributed by atoms with Gasteiger partial charge in [-0.1, -0.05) is 72.1 Å². The maximum atomic E-state index is 11.6. The Morgan fingerprint density at radius 3 is 2.48 bits per heavy atom. The molecule has 21 heavy (non-hydrogen) atoms. The molecular weight excluding hydrogens is 260 g/mol. The molecule has 0 aromatic heterocycles. The second-order valence-electron chi connectivity index (χ2n) is 7.61. The maximum absolute atomic E-state index is 11.6. The van der Waals surface area contributed by atoms with E-state index < -0.39 is 0 Å². The third kappa shape index (κ3) is 7.87. The summed E-state index contributed by atoms with van der Waals surface area (Å²) >= 11 is 0. The van der Waals surface area contributed by atoms with Crippen LogP contribution in [0.25, 0.3) is 0 Å². The van der Waals surface area contributed by atoms with Crippen LogP contribution in [-0.4, -0.2) is 13.1 Å². The predicted octanol–water partition coefficient (Wildman–Crippen LogP) is 5.60. The van der Waals surface area contributed by atoms with Crippen molar-refractivity contribution in [2.24, 2.45) is 23.7 Å². The fourth-order valence-corrected chi connectivity index (χ4v) is 3.71. The van der Waals surface area contributed by atoms with Gasteiger partial charge in [-0.2, -0.15) is 0 Å². The standard InChI is InChI=1S/C19H36O2/c1-15(2)8-5-9-16(3)10-6-11-17-12-7-13-18(14-17)19(20)21-4/h15-18H,5-14H2,1-4H3. The van der Waals surface area contributed by atoms with Crippen molar-refractivity contribution in [3.8, 4) is 0 Å². The van der Waals surface area contributed by atoms with Crippen LogP contribution in [0.5, 0.6) is 0 Å². The third-order valence-corrected chi connectivity index (χ3v) is 5.11. The monoisotopic (exact) mass is 296 g/mol. The molecule has 0 saturated heterocycles. The van der Waals surface area contributed by atoms with Crippen LogP contribution >= 0.6 is 0 Å². The number of methoxy groups -OCH3 is 1. The number of ether oxygens (including phenoxy) is 1. The lowest BCUT2D eigenvalue weighted by molar-refractivity contribution is -0.147. The normalized spacial score (nSPS) is 24.0. The van der Waals surface area contributed by atoms with Gasteiger partial charge in [-0.25, -0.2) is 0 Å². The van der Waals surface area contributed by atoms with E-state index in [1.54, 1.807) is 0 Å². The van der Waals surface area contributed by atoms with Crippen LogP contribution in [-0.2, 0) is 9.53 Å². The van der Waals surface area contributed by atoms with Gasteiger partial charge in [0, 0.05) is 0 Å². The van der Waals surface area contributed by atoms with E-state index in [4.69, 9.17) is 4.74 Å². The average molecular weight is 296 g/mol. The summed E-state index contributed by atoms with van der Waals surface area (Å²) in [4.78, 5) is 11.6. The Morgan fingerprint density at radius 1 is 1.10 bits per heavy atom. The maximum Gasteiger partial charge on any atom is 0.308 e. The van der Waals surface area contributed by atoms with Crippen molar-refractivity contribution in [1.29, 1.82) is 0 Å². The summed E-state index contributed by atoms with van der Waals surface area (Å²) < 4.78 is 4.91. The minimum Gasteiger partial charge on any atom is -0.469 e. The summed E-state index contributed by atoms with van der Waals surface area (Å²) in [5.41, 5.74) is 0. The first-order valence-electron chi connectivity index (χ1n) is 9.10. The molecule has 1 fully saturated rings. The van der Waals surface area contributed by atoms with Crippen molar-refractivity contribution in [3.05, 3.63) is 0 Å². The quantitative estimate of drug-likeness (QED) is 0.518. The van der Waals surface area contributed by atoms with E-state index >= 15 is 0 Å². The van der Waals surface area contributed by atoms with Gasteiger partial charge in [-0.15, -0.1) is 0 Å². The molecule has 1 saturated carbocycles. The Hall–Kier alpha value is -0.530. The Bertz CT molecular complexity index is 285. The number of esters is 1. The fourth-order valence-electron chi connectivity index (χ4n) is 3.71. The molecule has 0 aromatic rings.